The van der Waals surface area contributed by atoms with E-state index in [1.54, 1.807) is 0 Å². The van der Waals surface area contributed by atoms with Gasteiger partial charge in [-0.3, -0.25) is 18.6 Å². The molecule has 0 saturated carbocycles. The highest BCUT2D eigenvalue weighted by Crippen LogP contribution is 2.43. The Labute approximate surface area is 588 Å². The van der Waals surface area contributed by atoms with Crippen molar-refractivity contribution >= 4 is 19.8 Å². The predicted molar refractivity (Wildman–Crippen MR) is 417 cm³/mol. The summed E-state index contributed by atoms with van der Waals surface area (Å²) in [6.45, 7) is 4.16. The summed E-state index contributed by atoms with van der Waals surface area (Å²) in [6, 6.07) is 0. The molecule has 0 bridgehead atoms. The van der Waals surface area contributed by atoms with Crippen molar-refractivity contribution in [3.63, 3.8) is 0 Å². The molecule has 538 valence electrons. The third-order valence-corrected chi connectivity index (χ3v) is 16.0. The van der Waals surface area contributed by atoms with Crippen LogP contribution in [0, 0.1) is 0 Å². The molecule has 0 radical (unpaired) electrons. The molecular formula is C86H137NO8P+. The van der Waals surface area contributed by atoms with E-state index in [2.05, 4.69) is 233 Å². The van der Waals surface area contributed by atoms with Crippen molar-refractivity contribution in [3.8, 4) is 0 Å². The average Bonchev–Trinajstić information content (AvgIpc) is 2.54. The van der Waals surface area contributed by atoms with Crippen LogP contribution in [0.5, 0.6) is 0 Å². The highest BCUT2D eigenvalue weighted by molar-refractivity contribution is 7.47. The lowest BCUT2D eigenvalue weighted by Crippen LogP contribution is -2.37. The average molecular weight is 1340 g/mol. The van der Waals surface area contributed by atoms with Gasteiger partial charge >= 0.3 is 19.8 Å². The van der Waals surface area contributed by atoms with Crippen LogP contribution >= 0.6 is 7.82 Å². The minimum absolute atomic E-state index is 0.0165. The largest absolute Gasteiger partial charge is 0.472 e. The molecule has 0 rings (SSSR count). The number of phosphoric acid groups is 1. The van der Waals surface area contributed by atoms with Gasteiger partial charge in [0.25, 0.3) is 0 Å². The fourth-order valence-electron chi connectivity index (χ4n) is 9.35. The minimum Gasteiger partial charge on any atom is -0.462 e. The molecule has 0 aliphatic rings. The number of allylic oxidation sites excluding steroid dienone is 36. The van der Waals surface area contributed by atoms with Gasteiger partial charge < -0.3 is 18.9 Å². The summed E-state index contributed by atoms with van der Waals surface area (Å²) in [5, 5.41) is 0. The molecule has 0 aromatic heterocycles. The van der Waals surface area contributed by atoms with Gasteiger partial charge in [0.2, 0.25) is 0 Å². The molecule has 0 heterocycles. The molecule has 2 unspecified atom stereocenters. The van der Waals surface area contributed by atoms with E-state index in [1.165, 1.54) is 44.9 Å². The lowest BCUT2D eigenvalue weighted by Gasteiger charge is -2.24. The molecule has 9 nitrogen and oxygen atoms in total. The number of likely N-dealkylation sites (N-methyl/N-ethyl adjacent to an activating group) is 1. The first-order valence-corrected chi connectivity index (χ1v) is 39.0. The van der Waals surface area contributed by atoms with Gasteiger partial charge in [0.05, 0.1) is 27.7 Å². The summed E-state index contributed by atoms with van der Waals surface area (Å²) in [4.78, 5) is 35.9. The Kier molecular flexibility index (Phi) is 69.2. The molecule has 0 aliphatic heterocycles. The number of rotatable bonds is 66. The number of carbonyl (C=O) groups excluding carboxylic acids is 2. The summed E-state index contributed by atoms with van der Waals surface area (Å²) in [7, 11) is 1.44. The van der Waals surface area contributed by atoms with Gasteiger partial charge in [0.1, 0.15) is 19.8 Å². The van der Waals surface area contributed by atoms with Crippen molar-refractivity contribution in [1.82, 2.24) is 0 Å². The van der Waals surface area contributed by atoms with E-state index < -0.39 is 26.5 Å². The van der Waals surface area contributed by atoms with E-state index in [0.29, 0.717) is 17.4 Å². The Bertz CT molecular complexity index is 2430. The van der Waals surface area contributed by atoms with Crippen LogP contribution < -0.4 is 0 Å². The second-order valence-electron chi connectivity index (χ2n) is 25.2. The molecule has 0 amide bonds. The molecule has 2 atom stereocenters. The monoisotopic (exact) mass is 1340 g/mol. The first-order chi connectivity index (χ1) is 47.0. The number of carbonyl (C=O) groups is 2. The molecule has 96 heavy (non-hydrogen) atoms. The lowest BCUT2D eigenvalue weighted by atomic mass is 10.1. The van der Waals surface area contributed by atoms with Crippen LogP contribution in [0.4, 0.5) is 0 Å². The van der Waals surface area contributed by atoms with Crippen LogP contribution in [-0.2, 0) is 32.7 Å². The van der Waals surface area contributed by atoms with Crippen molar-refractivity contribution in [1.29, 1.82) is 0 Å². The van der Waals surface area contributed by atoms with Gasteiger partial charge in [0, 0.05) is 12.8 Å². The van der Waals surface area contributed by atoms with Gasteiger partial charge in [-0.05, 0) is 154 Å². The van der Waals surface area contributed by atoms with E-state index >= 15 is 0 Å². The third-order valence-electron chi connectivity index (χ3n) is 15.0. The predicted octanol–water partition coefficient (Wildman–Crippen LogP) is 25.2. The fraction of sp³-hybridized carbons (Fsp3) is 0.558. The summed E-state index contributed by atoms with van der Waals surface area (Å²) >= 11 is 0. The van der Waals surface area contributed by atoms with E-state index in [1.807, 2.05) is 21.1 Å². The van der Waals surface area contributed by atoms with Gasteiger partial charge in [-0.1, -0.05) is 310 Å². The number of hydrogen-bond donors (Lipinski definition) is 1. The zero-order valence-corrected chi connectivity index (χ0v) is 62.2. The molecule has 0 aliphatic carbocycles. The maximum absolute atomic E-state index is 12.9. The van der Waals surface area contributed by atoms with E-state index in [9.17, 15) is 19.0 Å². The number of ether oxygens (including phenoxy) is 2. The quantitative estimate of drug-likeness (QED) is 0.0211. The Morgan fingerprint density at radius 2 is 0.562 bits per heavy atom. The van der Waals surface area contributed by atoms with Crippen LogP contribution in [0.2, 0.25) is 0 Å². The number of unbranched alkanes of at least 4 members (excludes halogenated alkanes) is 16. The molecule has 0 aromatic carbocycles. The maximum Gasteiger partial charge on any atom is 0.472 e. The van der Waals surface area contributed by atoms with Gasteiger partial charge in [0.15, 0.2) is 6.10 Å². The molecule has 1 N–H and O–H groups in total. The molecule has 0 saturated heterocycles. The third kappa shape index (κ3) is 77.3. The van der Waals surface area contributed by atoms with Crippen LogP contribution in [-0.4, -0.2) is 74.9 Å². The van der Waals surface area contributed by atoms with Crippen LogP contribution in [0.1, 0.15) is 258 Å². The van der Waals surface area contributed by atoms with E-state index in [0.717, 1.165) is 180 Å². The molecule has 0 aromatic rings. The molecule has 0 spiro atoms. The number of esters is 2. The molecule has 10 heteroatoms. The number of nitrogens with zero attached hydrogens (tertiary/aromatic N) is 1. The van der Waals surface area contributed by atoms with Crippen molar-refractivity contribution in [3.05, 3.63) is 219 Å². The van der Waals surface area contributed by atoms with Gasteiger partial charge in [-0.2, -0.15) is 0 Å². The van der Waals surface area contributed by atoms with Crippen molar-refractivity contribution < 1.29 is 42.1 Å². The number of quaternary nitrogens is 1. The van der Waals surface area contributed by atoms with Crippen LogP contribution in [0.15, 0.2) is 219 Å². The summed E-state index contributed by atoms with van der Waals surface area (Å²) in [5.74, 6) is -0.832. The highest BCUT2D eigenvalue weighted by atomic mass is 31.2. The Morgan fingerprint density at radius 1 is 0.323 bits per heavy atom. The standard InChI is InChI=1S/C86H136NO8P/c1-6-8-10-12-14-16-18-20-22-24-26-28-30-32-34-36-38-39-40-41-42-43-44-45-46-47-49-51-53-55-57-59-61-63-65-67-69-71-73-75-77-79-86(89)95-84(83-94-96(90,91)93-81-80-87(3,4)5)82-92-85(88)78-76-74-72-70-68-66-64-62-60-58-56-54-52-50-48-37-35-33-31-29-27-25-23-21-19-17-15-13-11-9-7-2/h8-11,14-17,20-23,26-29,32-35,38-39,41-42,44-45,47-50,53-56,59,61,84H,6-7,12-13,18-19,24-25,30-31,36-37,40,43,46,51-52,57-58,60,62-83H2,1-5H3/p+1/b10-8-,11-9-,16-14-,17-15-,22-20-,23-21-,28-26-,29-27-,34-32-,35-33-,39-38-,42-41-,45-44-,49-47-,50-48-,55-53-,56-54-,61-59-. The zero-order chi connectivity index (χ0) is 69.7. The normalized spacial score (nSPS) is 14.4. The fourth-order valence-corrected chi connectivity index (χ4v) is 10.1. The van der Waals surface area contributed by atoms with Gasteiger partial charge in [-0.25, -0.2) is 4.57 Å². The van der Waals surface area contributed by atoms with Crippen LogP contribution in [0.25, 0.3) is 0 Å². The molecule has 0 fully saturated rings. The van der Waals surface area contributed by atoms with Crippen molar-refractivity contribution in [2.75, 3.05) is 47.5 Å². The number of hydrogen-bond acceptors (Lipinski definition) is 7. The first-order valence-electron chi connectivity index (χ1n) is 37.5. The Hall–Kier alpha value is -5.67. The summed E-state index contributed by atoms with van der Waals surface area (Å²) in [6.07, 6.45) is 118. The maximum atomic E-state index is 12.9. The van der Waals surface area contributed by atoms with E-state index in [-0.39, 0.29) is 32.0 Å². The second kappa shape index (κ2) is 73.6. The first kappa shape index (κ1) is 90.3. The van der Waals surface area contributed by atoms with Gasteiger partial charge in [-0.15, -0.1) is 0 Å². The smallest absolute Gasteiger partial charge is 0.462 e. The lowest BCUT2D eigenvalue weighted by molar-refractivity contribution is -0.870. The van der Waals surface area contributed by atoms with Crippen molar-refractivity contribution in [2.45, 2.75) is 264 Å². The SMILES string of the molecule is CC/C=C\C/C=C\C/C=C\C/C=C\C/C=C\C/C=C\C/C=C\C/C=C\C/C=C\C/C=C\C/C=C\CCCCCCCCCC(=O)OC(COC(=O)CCCCCCCCCCC/C=C\C/C=C\C/C=C\C/C=C\C/C=C\C/C=C\C/C=C\CC)COP(=O)(O)OCC[N+](C)(C)C. The topological polar surface area (TPSA) is 108 Å². The summed E-state index contributed by atoms with van der Waals surface area (Å²) < 4.78 is 34.7. The Morgan fingerprint density at radius 3 is 0.833 bits per heavy atom. The number of phosphoric ester groups is 1. The highest BCUT2D eigenvalue weighted by Gasteiger charge is 2.27. The second-order valence-corrected chi connectivity index (χ2v) is 26.7. The van der Waals surface area contributed by atoms with Crippen molar-refractivity contribution in [2.24, 2.45) is 0 Å². The Balaban J connectivity index is 4.16. The summed E-state index contributed by atoms with van der Waals surface area (Å²) in [5.41, 5.74) is 0. The zero-order valence-electron chi connectivity index (χ0n) is 61.3. The molecular weight excluding hydrogens is 1210 g/mol. The van der Waals surface area contributed by atoms with E-state index in [4.69, 9.17) is 18.5 Å². The van der Waals surface area contributed by atoms with Crippen LogP contribution in [0.3, 0.4) is 0 Å². The minimum atomic E-state index is -4.42.